The summed E-state index contributed by atoms with van der Waals surface area (Å²) in [6, 6.07) is 4.08. The van der Waals surface area contributed by atoms with Gasteiger partial charge in [-0.05, 0) is 23.8 Å². The van der Waals surface area contributed by atoms with E-state index in [-0.39, 0.29) is 15.6 Å². The van der Waals surface area contributed by atoms with Crippen LogP contribution in [0.3, 0.4) is 0 Å². The number of nitrogens with zero attached hydrogens (tertiary/aromatic N) is 1. The molecule has 1 heterocycles. The minimum Gasteiger partial charge on any atom is -0.385 e. The van der Waals surface area contributed by atoms with Gasteiger partial charge in [0.05, 0.1) is 0 Å². The van der Waals surface area contributed by atoms with E-state index < -0.39 is 23.4 Å². The molecule has 0 fully saturated rings. The molecule has 1 aromatic rings. The zero-order valence-electron chi connectivity index (χ0n) is 8.51. The van der Waals surface area contributed by atoms with Gasteiger partial charge in [-0.25, -0.2) is 0 Å². The maximum Gasteiger partial charge on any atom is 0.402 e. The Balaban J connectivity index is 2.39. The Hall–Kier alpha value is -0.650. The molecular formula is C10H5Cl3F3NO. The van der Waals surface area contributed by atoms with Crippen molar-refractivity contribution in [1.82, 2.24) is 0 Å². The van der Waals surface area contributed by atoms with Gasteiger partial charge in [0, 0.05) is 10.0 Å². The molecule has 0 aromatic heterocycles. The predicted molar refractivity (Wildman–Crippen MR) is 63.1 cm³/mol. The van der Waals surface area contributed by atoms with Gasteiger partial charge >= 0.3 is 6.18 Å². The molecule has 1 aliphatic heterocycles. The fraction of sp³-hybridized carbons (Fsp3) is 0.300. The SMILES string of the molecule is FC(F)(F)C1C(Cl)=NOC1c1cc(Cl)cc(Cl)c1. The van der Waals surface area contributed by atoms with Crippen LogP contribution in [0.4, 0.5) is 13.2 Å². The summed E-state index contributed by atoms with van der Waals surface area (Å²) in [5.74, 6) is -2.01. The quantitative estimate of drug-likeness (QED) is 0.729. The van der Waals surface area contributed by atoms with Crippen LogP contribution in [0.2, 0.25) is 10.0 Å². The highest BCUT2D eigenvalue weighted by Gasteiger charge is 2.53. The van der Waals surface area contributed by atoms with E-state index in [1.54, 1.807) is 0 Å². The fourth-order valence-corrected chi connectivity index (χ4v) is 2.47. The van der Waals surface area contributed by atoms with E-state index in [1.807, 2.05) is 0 Å². The van der Waals surface area contributed by atoms with Gasteiger partial charge in [-0.3, -0.25) is 0 Å². The van der Waals surface area contributed by atoms with Gasteiger partial charge < -0.3 is 4.84 Å². The first-order valence-electron chi connectivity index (χ1n) is 4.71. The maximum absolute atomic E-state index is 12.8. The number of benzene rings is 1. The Morgan fingerprint density at radius 3 is 2.11 bits per heavy atom. The van der Waals surface area contributed by atoms with Crippen LogP contribution in [-0.2, 0) is 4.84 Å². The second kappa shape index (κ2) is 4.79. The first-order chi connectivity index (χ1) is 8.29. The van der Waals surface area contributed by atoms with Crippen LogP contribution in [0.1, 0.15) is 11.7 Å². The number of halogens is 6. The smallest absolute Gasteiger partial charge is 0.385 e. The van der Waals surface area contributed by atoms with Gasteiger partial charge in [0.2, 0.25) is 0 Å². The third-order valence-electron chi connectivity index (χ3n) is 2.38. The molecule has 2 unspecified atom stereocenters. The van der Waals surface area contributed by atoms with E-state index in [4.69, 9.17) is 39.6 Å². The number of hydrogen-bond donors (Lipinski definition) is 0. The molecule has 0 saturated carbocycles. The van der Waals surface area contributed by atoms with Crippen LogP contribution >= 0.6 is 34.8 Å². The molecule has 0 bridgehead atoms. The number of alkyl halides is 3. The van der Waals surface area contributed by atoms with Crippen molar-refractivity contribution in [2.24, 2.45) is 11.1 Å². The summed E-state index contributed by atoms with van der Waals surface area (Å²) in [6.07, 6.45) is -5.93. The van der Waals surface area contributed by atoms with Gasteiger partial charge in [-0.2, -0.15) is 13.2 Å². The Morgan fingerprint density at radius 2 is 1.61 bits per heavy atom. The highest BCUT2D eigenvalue weighted by atomic mass is 35.5. The fourth-order valence-electron chi connectivity index (χ4n) is 1.65. The van der Waals surface area contributed by atoms with Crippen molar-refractivity contribution in [3.8, 4) is 0 Å². The molecule has 2 rings (SSSR count). The minimum absolute atomic E-state index is 0.175. The van der Waals surface area contributed by atoms with Gasteiger partial charge in [0.15, 0.2) is 17.2 Å². The first-order valence-corrected chi connectivity index (χ1v) is 5.84. The van der Waals surface area contributed by atoms with E-state index in [2.05, 4.69) is 5.16 Å². The Kier molecular flexibility index (Phi) is 3.67. The molecule has 18 heavy (non-hydrogen) atoms. The first kappa shape index (κ1) is 13.8. The molecule has 2 nitrogen and oxygen atoms in total. The molecule has 0 radical (unpaired) electrons. The molecule has 98 valence electrons. The number of hydrogen-bond acceptors (Lipinski definition) is 2. The van der Waals surface area contributed by atoms with Crippen molar-refractivity contribution in [1.29, 1.82) is 0 Å². The highest BCUT2D eigenvalue weighted by molar-refractivity contribution is 6.66. The largest absolute Gasteiger partial charge is 0.402 e. The van der Waals surface area contributed by atoms with Crippen molar-refractivity contribution in [3.63, 3.8) is 0 Å². The third-order valence-corrected chi connectivity index (χ3v) is 3.12. The van der Waals surface area contributed by atoms with E-state index in [0.717, 1.165) is 0 Å². The highest BCUT2D eigenvalue weighted by Crippen LogP contribution is 2.44. The van der Waals surface area contributed by atoms with Crippen LogP contribution in [0, 0.1) is 5.92 Å². The standard InChI is InChI=1S/C10H5Cl3F3NO/c11-5-1-4(2-6(12)3-5)8-7(10(14,15)16)9(13)17-18-8/h1-3,7-8H. The zero-order valence-corrected chi connectivity index (χ0v) is 10.8. The summed E-state index contributed by atoms with van der Waals surface area (Å²) in [7, 11) is 0. The second-order valence-electron chi connectivity index (χ2n) is 3.66. The van der Waals surface area contributed by atoms with E-state index in [9.17, 15) is 13.2 Å². The lowest BCUT2D eigenvalue weighted by Gasteiger charge is -2.20. The van der Waals surface area contributed by atoms with Gasteiger partial charge in [-0.1, -0.05) is 40.0 Å². The predicted octanol–water partition coefficient (Wildman–Crippen LogP) is 4.80. The summed E-state index contributed by atoms with van der Waals surface area (Å²) in [6.45, 7) is 0. The summed E-state index contributed by atoms with van der Waals surface area (Å²) >= 11 is 16.9. The molecule has 1 aromatic carbocycles. The summed E-state index contributed by atoms with van der Waals surface area (Å²) in [5, 5.41) is 2.97. The van der Waals surface area contributed by atoms with Crippen LogP contribution in [-0.4, -0.2) is 11.3 Å². The summed E-state index contributed by atoms with van der Waals surface area (Å²) in [5.41, 5.74) is 0.175. The minimum atomic E-state index is -4.56. The lowest BCUT2D eigenvalue weighted by molar-refractivity contribution is -0.177. The summed E-state index contributed by atoms with van der Waals surface area (Å²) < 4.78 is 38.5. The molecular weight excluding hydrogens is 313 g/mol. The molecule has 8 heteroatoms. The van der Waals surface area contributed by atoms with E-state index >= 15 is 0 Å². The van der Waals surface area contributed by atoms with Crippen LogP contribution in [0.25, 0.3) is 0 Å². The van der Waals surface area contributed by atoms with Crippen LogP contribution in [0.5, 0.6) is 0 Å². The van der Waals surface area contributed by atoms with Crippen molar-refractivity contribution in [2.75, 3.05) is 0 Å². The van der Waals surface area contributed by atoms with Crippen molar-refractivity contribution >= 4 is 40.0 Å². The second-order valence-corrected chi connectivity index (χ2v) is 4.92. The third kappa shape index (κ3) is 2.68. The van der Waals surface area contributed by atoms with Crippen molar-refractivity contribution in [2.45, 2.75) is 12.3 Å². The monoisotopic (exact) mass is 317 g/mol. The molecule has 1 aliphatic rings. The summed E-state index contributed by atoms with van der Waals surface area (Å²) in [4.78, 5) is 4.72. The Morgan fingerprint density at radius 1 is 1.06 bits per heavy atom. The molecule has 0 aliphatic carbocycles. The van der Waals surface area contributed by atoms with Gasteiger partial charge in [0.1, 0.15) is 0 Å². The number of oxime groups is 1. The van der Waals surface area contributed by atoms with E-state index in [1.165, 1.54) is 18.2 Å². The molecule has 0 spiro atoms. The molecule has 0 N–H and O–H groups in total. The topological polar surface area (TPSA) is 21.6 Å². The molecule has 0 saturated heterocycles. The average molecular weight is 319 g/mol. The van der Waals surface area contributed by atoms with Crippen LogP contribution < -0.4 is 0 Å². The lowest BCUT2D eigenvalue weighted by Crippen LogP contribution is -2.30. The number of rotatable bonds is 1. The van der Waals surface area contributed by atoms with Crippen molar-refractivity contribution < 1.29 is 18.0 Å². The Bertz CT molecular complexity index is 483. The normalized spacial score (nSPS) is 23.8. The average Bonchev–Trinajstić information content (AvgIpc) is 2.57. The van der Waals surface area contributed by atoms with Crippen LogP contribution in [0.15, 0.2) is 23.4 Å². The zero-order chi connectivity index (χ0) is 13.5. The van der Waals surface area contributed by atoms with Gasteiger partial charge in [-0.15, -0.1) is 0 Å². The molecule has 2 atom stereocenters. The molecule has 0 amide bonds. The van der Waals surface area contributed by atoms with Gasteiger partial charge in [0.25, 0.3) is 0 Å². The van der Waals surface area contributed by atoms with E-state index in [0.29, 0.717) is 0 Å². The maximum atomic E-state index is 12.8. The van der Waals surface area contributed by atoms with Crippen molar-refractivity contribution in [3.05, 3.63) is 33.8 Å². The lowest BCUT2D eigenvalue weighted by atomic mass is 9.96. The Labute approximate surface area is 115 Å².